The Labute approximate surface area is 186 Å². The molecule has 31 heavy (non-hydrogen) atoms. The molecule has 2 amide bonds. The molecule has 1 saturated heterocycles. The molecule has 3 aromatic rings. The Morgan fingerprint density at radius 3 is 2.74 bits per heavy atom. The average Bonchev–Trinajstić information content (AvgIpc) is 3.54. The first-order chi connectivity index (χ1) is 15.1. The maximum atomic E-state index is 13.2. The number of fused-ring (bicyclic) bond motifs is 1. The zero-order valence-corrected chi connectivity index (χ0v) is 18.9. The van der Waals surface area contributed by atoms with Crippen molar-refractivity contribution in [2.45, 2.75) is 39.3 Å². The summed E-state index contributed by atoms with van der Waals surface area (Å²) in [5, 5.41) is 4.92. The molecule has 2 aromatic heterocycles. The number of imidazole rings is 1. The number of benzene rings is 1. The van der Waals surface area contributed by atoms with Crippen LogP contribution in [0.5, 0.6) is 0 Å². The van der Waals surface area contributed by atoms with Gasteiger partial charge < -0.3 is 14.4 Å². The van der Waals surface area contributed by atoms with Gasteiger partial charge in [-0.3, -0.25) is 14.9 Å². The zero-order valence-electron chi connectivity index (χ0n) is 18.1. The summed E-state index contributed by atoms with van der Waals surface area (Å²) in [6.07, 6.45) is 1.50. The summed E-state index contributed by atoms with van der Waals surface area (Å²) < 4.78 is 2.08. The lowest BCUT2D eigenvalue weighted by molar-refractivity contribution is -0.119. The zero-order chi connectivity index (χ0) is 21.8. The summed E-state index contributed by atoms with van der Waals surface area (Å²) in [6.45, 7) is 8.48. The van der Waals surface area contributed by atoms with Gasteiger partial charge in [0.15, 0.2) is 0 Å². The van der Waals surface area contributed by atoms with E-state index in [0.29, 0.717) is 23.8 Å². The quantitative estimate of drug-likeness (QED) is 0.581. The van der Waals surface area contributed by atoms with Crippen LogP contribution in [0, 0.1) is 0 Å². The number of para-hydroxylation sites is 2. The first kappa shape index (κ1) is 21.5. The minimum atomic E-state index is -0.467. The van der Waals surface area contributed by atoms with Crippen LogP contribution in [0.25, 0.3) is 11.0 Å². The standard InChI is InChI=1S/C23H29N5O2S/c1-3-26(4-2)14-15-28-18-10-6-5-9-17(18)24-23(28)25-21(29)19-11-7-13-27(19)22(30)20-12-8-16-31-20/h5-6,8-10,12,16,19H,3-4,7,11,13-15H2,1-2H3,(H,24,25,29)/t19-/m0/s1. The number of thiophene rings is 1. The third-order valence-electron chi connectivity index (χ3n) is 5.97. The second kappa shape index (κ2) is 9.62. The minimum Gasteiger partial charge on any atom is -0.326 e. The largest absolute Gasteiger partial charge is 0.326 e. The molecule has 1 N–H and O–H groups in total. The van der Waals surface area contributed by atoms with Crippen LogP contribution in [0.2, 0.25) is 0 Å². The van der Waals surface area contributed by atoms with Crippen molar-refractivity contribution >= 4 is 40.1 Å². The van der Waals surface area contributed by atoms with Crippen LogP contribution in [0.4, 0.5) is 5.95 Å². The Morgan fingerprint density at radius 1 is 1.19 bits per heavy atom. The van der Waals surface area contributed by atoms with Crippen molar-refractivity contribution in [1.82, 2.24) is 19.4 Å². The van der Waals surface area contributed by atoms with Gasteiger partial charge in [-0.1, -0.05) is 32.0 Å². The van der Waals surface area contributed by atoms with Crippen LogP contribution in [-0.2, 0) is 11.3 Å². The van der Waals surface area contributed by atoms with Gasteiger partial charge >= 0.3 is 0 Å². The summed E-state index contributed by atoms with van der Waals surface area (Å²) >= 11 is 1.41. The SMILES string of the molecule is CCN(CC)CCn1c(NC(=O)[C@@H]2CCCN2C(=O)c2cccs2)nc2ccccc21. The van der Waals surface area contributed by atoms with Crippen LogP contribution in [0.3, 0.4) is 0 Å². The summed E-state index contributed by atoms with van der Waals surface area (Å²) in [5.41, 5.74) is 1.86. The lowest BCUT2D eigenvalue weighted by atomic mass is 10.2. The molecule has 0 spiro atoms. The number of hydrogen-bond acceptors (Lipinski definition) is 5. The first-order valence-corrected chi connectivity index (χ1v) is 11.8. The van der Waals surface area contributed by atoms with E-state index in [1.807, 2.05) is 41.8 Å². The number of carbonyl (C=O) groups excluding carboxylic acids is 2. The van der Waals surface area contributed by atoms with Gasteiger partial charge in [-0.15, -0.1) is 11.3 Å². The second-order valence-electron chi connectivity index (χ2n) is 7.73. The molecule has 1 aliphatic heterocycles. The fourth-order valence-electron chi connectivity index (χ4n) is 4.20. The Hall–Kier alpha value is -2.71. The number of anilines is 1. The molecule has 1 atom stereocenters. The van der Waals surface area contributed by atoms with E-state index in [4.69, 9.17) is 0 Å². The highest BCUT2D eigenvalue weighted by molar-refractivity contribution is 7.12. The molecule has 8 heteroatoms. The first-order valence-electron chi connectivity index (χ1n) is 10.9. The smallest absolute Gasteiger partial charge is 0.264 e. The van der Waals surface area contributed by atoms with E-state index in [-0.39, 0.29) is 11.8 Å². The van der Waals surface area contributed by atoms with Crippen molar-refractivity contribution in [2.75, 3.05) is 31.5 Å². The van der Waals surface area contributed by atoms with Crippen molar-refractivity contribution in [3.63, 3.8) is 0 Å². The number of amides is 2. The molecule has 4 rings (SSSR count). The van der Waals surface area contributed by atoms with Gasteiger partial charge in [-0.05, 0) is 49.5 Å². The molecular formula is C23H29N5O2S. The molecule has 0 aliphatic carbocycles. The van der Waals surface area contributed by atoms with Gasteiger partial charge in [0.1, 0.15) is 6.04 Å². The molecule has 0 saturated carbocycles. The predicted octanol–water partition coefficient (Wildman–Crippen LogP) is 3.68. The van der Waals surface area contributed by atoms with Crippen molar-refractivity contribution in [1.29, 1.82) is 0 Å². The Morgan fingerprint density at radius 2 is 2.00 bits per heavy atom. The fourth-order valence-corrected chi connectivity index (χ4v) is 4.88. The third kappa shape index (κ3) is 4.50. The van der Waals surface area contributed by atoms with E-state index >= 15 is 0 Å². The molecule has 164 valence electrons. The highest BCUT2D eigenvalue weighted by Gasteiger charge is 2.35. The van der Waals surface area contributed by atoms with Crippen molar-refractivity contribution in [3.05, 3.63) is 46.7 Å². The number of nitrogens with one attached hydrogen (secondary N) is 1. The number of hydrogen-bond donors (Lipinski definition) is 1. The van der Waals surface area contributed by atoms with E-state index in [9.17, 15) is 9.59 Å². The Balaban J connectivity index is 1.55. The van der Waals surface area contributed by atoms with Gasteiger partial charge in [0.2, 0.25) is 11.9 Å². The van der Waals surface area contributed by atoms with E-state index in [1.54, 1.807) is 4.90 Å². The molecule has 1 fully saturated rings. The molecule has 0 bridgehead atoms. The monoisotopic (exact) mass is 439 g/mol. The van der Waals surface area contributed by atoms with Gasteiger partial charge in [-0.2, -0.15) is 0 Å². The number of likely N-dealkylation sites (N-methyl/N-ethyl adjacent to an activating group) is 1. The van der Waals surface area contributed by atoms with Crippen molar-refractivity contribution in [3.8, 4) is 0 Å². The summed E-state index contributed by atoms with van der Waals surface area (Å²) in [6, 6.07) is 11.1. The van der Waals surface area contributed by atoms with Gasteiger partial charge in [0.25, 0.3) is 5.91 Å². The Bertz CT molecular complexity index is 1040. The normalized spacial score (nSPS) is 16.4. The van der Waals surface area contributed by atoms with E-state index < -0.39 is 6.04 Å². The molecular weight excluding hydrogens is 410 g/mol. The molecule has 0 radical (unpaired) electrons. The Kier molecular flexibility index (Phi) is 6.67. The van der Waals surface area contributed by atoms with E-state index in [0.717, 1.165) is 43.6 Å². The number of aromatic nitrogens is 2. The van der Waals surface area contributed by atoms with Gasteiger partial charge in [0, 0.05) is 19.6 Å². The maximum Gasteiger partial charge on any atom is 0.264 e. The highest BCUT2D eigenvalue weighted by atomic mass is 32.1. The molecule has 1 aromatic carbocycles. The second-order valence-corrected chi connectivity index (χ2v) is 8.67. The molecule has 1 aliphatic rings. The van der Waals surface area contributed by atoms with Crippen molar-refractivity contribution < 1.29 is 9.59 Å². The number of likely N-dealkylation sites (tertiary alicyclic amines) is 1. The third-order valence-corrected chi connectivity index (χ3v) is 6.83. The van der Waals surface area contributed by atoms with Crippen molar-refractivity contribution in [2.24, 2.45) is 0 Å². The highest BCUT2D eigenvalue weighted by Crippen LogP contribution is 2.25. The molecule has 3 heterocycles. The predicted molar refractivity (Wildman–Crippen MR) is 125 cm³/mol. The lowest BCUT2D eigenvalue weighted by Crippen LogP contribution is -2.43. The van der Waals surface area contributed by atoms with Crippen LogP contribution < -0.4 is 5.32 Å². The average molecular weight is 440 g/mol. The van der Waals surface area contributed by atoms with Gasteiger partial charge in [0.05, 0.1) is 15.9 Å². The van der Waals surface area contributed by atoms with Crippen LogP contribution in [0.1, 0.15) is 36.4 Å². The van der Waals surface area contributed by atoms with E-state index in [2.05, 4.69) is 33.6 Å². The van der Waals surface area contributed by atoms with Crippen LogP contribution in [0.15, 0.2) is 41.8 Å². The topological polar surface area (TPSA) is 70.5 Å². The summed E-state index contributed by atoms with van der Waals surface area (Å²) in [5.74, 6) is 0.318. The summed E-state index contributed by atoms with van der Waals surface area (Å²) in [4.78, 5) is 35.5. The van der Waals surface area contributed by atoms with Gasteiger partial charge in [-0.25, -0.2) is 4.98 Å². The van der Waals surface area contributed by atoms with E-state index in [1.165, 1.54) is 11.3 Å². The number of rotatable bonds is 8. The van der Waals surface area contributed by atoms with Crippen LogP contribution >= 0.6 is 11.3 Å². The number of carbonyl (C=O) groups is 2. The summed E-state index contributed by atoms with van der Waals surface area (Å²) in [7, 11) is 0. The fraction of sp³-hybridized carbons (Fsp3) is 0.435. The minimum absolute atomic E-state index is 0.0670. The van der Waals surface area contributed by atoms with Crippen LogP contribution in [-0.4, -0.2) is 63.4 Å². The maximum absolute atomic E-state index is 13.2. The molecule has 7 nitrogen and oxygen atoms in total. The number of nitrogens with zero attached hydrogens (tertiary/aromatic N) is 4. The lowest BCUT2D eigenvalue weighted by Gasteiger charge is -2.24. The molecule has 0 unspecified atom stereocenters.